The maximum Gasteiger partial charge on any atom is 0.146 e. The van der Waals surface area contributed by atoms with Crippen LogP contribution in [0.5, 0.6) is 0 Å². The lowest BCUT2D eigenvalue weighted by Crippen LogP contribution is -2.58. The molecule has 1 saturated carbocycles. The molecular formula is C17H26FNO. The molecule has 0 spiro atoms. The molecular weight excluding hydrogens is 253 g/mol. The minimum atomic E-state index is -0.182. The second-order valence-corrected chi connectivity index (χ2v) is 6.95. The predicted molar refractivity (Wildman–Crippen MR) is 81.5 cm³/mol. The number of ether oxygens (including phenoxy) is 1. The van der Waals surface area contributed by atoms with Gasteiger partial charge in [-0.25, -0.2) is 4.39 Å². The zero-order valence-corrected chi connectivity index (χ0v) is 13.2. The van der Waals surface area contributed by atoms with Gasteiger partial charge in [-0.15, -0.1) is 0 Å². The number of aryl methyl sites for hydroxylation is 1. The maximum atomic E-state index is 13.8. The van der Waals surface area contributed by atoms with E-state index in [0.717, 1.165) is 18.6 Å². The fraction of sp³-hybridized carbons (Fsp3) is 0.647. The lowest BCUT2D eigenvalue weighted by Gasteiger charge is -2.52. The Labute approximate surface area is 121 Å². The third kappa shape index (κ3) is 3.14. The molecule has 0 aliphatic heterocycles. The van der Waals surface area contributed by atoms with Crippen molar-refractivity contribution in [3.05, 3.63) is 29.6 Å². The highest BCUT2D eigenvalue weighted by atomic mass is 19.1. The Hall–Kier alpha value is -1.09. The van der Waals surface area contributed by atoms with Crippen molar-refractivity contribution in [2.75, 3.05) is 11.9 Å². The minimum absolute atomic E-state index is 0.0328. The van der Waals surface area contributed by atoms with Gasteiger partial charge in [0.2, 0.25) is 0 Å². The van der Waals surface area contributed by atoms with E-state index >= 15 is 0 Å². The Morgan fingerprint density at radius 3 is 2.70 bits per heavy atom. The summed E-state index contributed by atoms with van der Waals surface area (Å²) in [6.07, 6.45) is 1.20. The van der Waals surface area contributed by atoms with E-state index in [0.29, 0.717) is 11.6 Å². The molecule has 0 bridgehead atoms. The van der Waals surface area contributed by atoms with Gasteiger partial charge in [-0.1, -0.05) is 33.8 Å². The minimum Gasteiger partial charge on any atom is -0.379 e. The zero-order valence-electron chi connectivity index (χ0n) is 13.2. The largest absolute Gasteiger partial charge is 0.379 e. The first-order chi connectivity index (χ1) is 9.30. The second kappa shape index (κ2) is 5.72. The van der Waals surface area contributed by atoms with E-state index in [1.165, 1.54) is 6.07 Å². The number of benzene rings is 1. The Bertz CT molecular complexity index is 470. The highest BCUT2D eigenvalue weighted by Gasteiger charge is 2.49. The van der Waals surface area contributed by atoms with Gasteiger partial charge in [-0.2, -0.15) is 0 Å². The lowest BCUT2D eigenvalue weighted by molar-refractivity contribution is -0.108. The normalized spacial score (nSPS) is 24.6. The van der Waals surface area contributed by atoms with Crippen molar-refractivity contribution in [1.82, 2.24) is 0 Å². The molecule has 3 heteroatoms. The number of rotatable bonds is 5. The molecule has 112 valence electrons. The molecule has 1 N–H and O–H groups in total. The van der Waals surface area contributed by atoms with Gasteiger partial charge in [-0.05, 0) is 37.0 Å². The van der Waals surface area contributed by atoms with Crippen LogP contribution in [-0.4, -0.2) is 18.8 Å². The molecule has 0 aromatic heterocycles. The first-order valence-corrected chi connectivity index (χ1v) is 7.45. The fourth-order valence-corrected chi connectivity index (χ4v) is 2.66. The van der Waals surface area contributed by atoms with Crippen molar-refractivity contribution in [1.29, 1.82) is 0 Å². The molecule has 2 nitrogen and oxygen atoms in total. The standard InChI is InChI=1S/C17H26FNO/c1-11(2)10-20-16-9-15(17(16,4)5)19-14-8-12(3)6-7-13(14)18/h6-8,11,15-16,19H,9-10H2,1-5H3. The molecule has 0 heterocycles. The van der Waals surface area contributed by atoms with Gasteiger partial charge >= 0.3 is 0 Å². The first-order valence-electron chi connectivity index (χ1n) is 7.45. The third-order valence-electron chi connectivity index (χ3n) is 4.26. The summed E-state index contributed by atoms with van der Waals surface area (Å²) in [5.74, 6) is 0.366. The number of hydrogen-bond donors (Lipinski definition) is 1. The van der Waals surface area contributed by atoms with Crippen LogP contribution in [-0.2, 0) is 4.74 Å². The number of nitrogens with one attached hydrogen (secondary N) is 1. The maximum absolute atomic E-state index is 13.8. The van der Waals surface area contributed by atoms with E-state index in [1.54, 1.807) is 6.07 Å². The highest BCUT2D eigenvalue weighted by molar-refractivity contribution is 5.49. The molecule has 1 aliphatic carbocycles. The van der Waals surface area contributed by atoms with Gasteiger partial charge in [0.25, 0.3) is 0 Å². The van der Waals surface area contributed by atoms with Crippen LogP contribution in [0.4, 0.5) is 10.1 Å². The summed E-state index contributed by atoms with van der Waals surface area (Å²) < 4.78 is 19.7. The Morgan fingerprint density at radius 2 is 2.10 bits per heavy atom. The van der Waals surface area contributed by atoms with Crippen LogP contribution < -0.4 is 5.32 Å². The van der Waals surface area contributed by atoms with Crippen LogP contribution in [0.25, 0.3) is 0 Å². The Morgan fingerprint density at radius 1 is 1.40 bits per heavy atom. The summed E-state index contributed by atoms with van der Waals surface area (Å²) in [6.45, 7) is 11.5. The van der Waals surface area contributed by atoms with E-state index < -0.39 is 0 Å². The van der Waals surface area contributed by atoms with Crippen LogP contribution in [0, 0.1) is 24.1 Å². The number of halogens is 1. The third-order valence-corrected chi connectivity index (χ3v) is 4.26. The van der Waals surface area contributed by atoms with Gasteiger partial charge in [0, 0.05) is 18.1 Å². The fourth-order valence-electron chi connectivity index (χ4n) is 2.66. The average molecular weight is 279 g/mol. The topological polar surface area (TPSA) is 21.3 Å². The molecule has 1 fully saturated rings. The smallest absolute Gasteiger partial charge is 0.146 e. The van der Waals surface area contributed by atoms with Gasteiger partial charge in [0.15, 0.2) is 0 Å². The second-order valence-electron chi connectivity index (χ2n) is 6.95. The first kappa shape index (κ1) is 15.3. The summed E-state index contributed by atoms with van der Waals surface area (Å²) in [6, 6.07) is 5.45. The van der Waals surface area contributed by atoms with Gasteiger partial charge in [0.1, 0.15) is 5.82 Å². The van der Waals surface area contributed by atoms with Crippen molar-refractivity contribution in [2.45, 2.75) is 53.2 Å². The molecule has 20 heavy (non-hydrogen) atoms. The lowest BCUT2D eigenvalue weighted by atomic mass is 9.64. The molecule has 0 amide bonds. The molecule has 2 rings (SSSR count). The molecule has 0 saturated heterocycles. The van der Waals surface area contributed by atoms with Gasteiger partial charge in [-0.3, -0.25) is 0 Å². The molecule has 2 unspecified atom stereocenters. The van der Waals surface area contributed by atoms with E-state index in [1.807, 2.05) is 13.0 Å². The number of anilines is 1. The van der Waals surface area contributed by atoms with Crippen molar-refractivity contribution >= 4 is 5.69 Å². The van der Waals surface area contributed by atoms with Crippen molar-refractivity contribution in [2.24, 2.45) is 11.3 Å². The predicted octanol–water partition coefficient (Wildman–Crippen LogP) is 4.39. The van der Waals surface area contributed by atoms with Crippen LogP contribution in [0.2, 0.25) is 0 Å². The zero-order chi connectivity index (χ0) is 14.9. The van der Waals surface area contributed by atoms with Crippen molar-refractivity contribution in [3.8, 4) is 0 Å². The summed E-state index contributed by atoms with van der Waals surface area (Å²) in [5, 5.41) is 3.34. The van der Waals surface area contributed by atoms with Crippen molar-refractivity contribution < 1.29 is 9.13 Å². The van der Waals surface area contributed by atoms with Gasteiger partial charge < -0.3 is 10.1 Å². The van der Waals surface area contributed by atoms with Crippen LogP contribution in [0.3, 0.4) is 0 Å². The summed E-state index contributed by atoms with van der Waals surface area (Å²) in [7, 11) is 0. The summed E-state index contributed by atoms with van der Waals surface area (Å²) in [4.78, 5) is 0. The quantitative estimate of drug-likeness (QED) is 0.863. The van der Waals surface area contributed by atoms with E-state index in [-0.39, 0.29) is 23.4 Å². The van der Waals surface area contributed by atoms with Crippen LogP contribution >= 0.6 is 0 Å². The van der Waals surface area contributed by atoms with Crippen LogP contribution in [0.1, 0.15) is 39.7 Å². The van der Waals surface area contributed by atoms with Crippen LogP contribution in [0.15, 0.2) is 18.2 Å². The average Bonchev–Trinajstić information content (AvgIpc) is 2.36. The Balaban J connectivity index is 1.97. The monoisotopic (exact) mass is 279 g/mol. The summed E-state index contributed by atoms with van der Waals surface area (Å²) in [5.41, 5.74) is 1.70. The molecule has 1 aromatic carbocycles. The molecule has 2 atom stereocenters. The number of hydrogen-bond acceptors (Lipinski definition) is 2. The van der Waals surface area contributed by atoms with E-state index in [9.17, 15) is 4.39 Å². The summed E-state index contributed by atoms with van der Waals surface area (Å²) >= 11 is 0. The molecule has 1 aliphatic rings. The van der Waals surface area contributed by atoms with E-state index in [4.69, 9.17) is 4.74 Å². The molecule has 0 radical (unpaired) electrons. The SMILES string of the molecule is Cc1ccc(F)c(NC2CC(OCC(C)C)C2(C)C)c1. The van der Waals surface area contributed by atoms with Gasteiger partial charge in [0.05, 0.1) is 11.8 Å². The van der Waals surface area contributed by atoms with E-state index in [2.05, 4.69) is 33.0 Å². The Kier molecular flexibility index (Phi) is 4.38. The van der Waals surface area contributed by atoms with Crippen molar-refractivity contribution in [3.63, 3.8) is 0 Å². The highest BCUT2D eigenvalue weighted by Crippen LogP contribution is 2.44. The molecule has 1 aromatic rings.